The Balaban J connectivity index is 2.36. The van der Waals surface area contributed by atoms with Crippen LogP contribution >= 0.6 is 0 Å². The Morgan fingerprint density at radius 1 is 1.12 bits per heavy atom. The first-order valence-corrected chi connectivity index (χ1v) is 5.93. The molecule has 0 heterocycles. The summed E-state index contributed by atoms with van der Waals surface area (Å²) in [7, 11) is 0. The highest BCUT2D eigenvalue weighted by Gasteiger charge is 2.04. The fourth-order valence-electron chi connectivity index (χ4n) is 1.36. The predicted octanol–water partition coefficient (Wildman–Crippen LogP) is 1.71. The average Bonchev–Trinajstić information content (AvgIpc) is 2.23. The zero-order valence-corrected chi connectivity index (χ0v) is 10.4. The topological polar surface area (TPSA) is 41.1 Å². The number of hydrogen-bond donors (Lipinski definition) is 2. The minimum atomic E-state index is -0.0354. The van der Waals surface area contributed by atoms with Crippen LogP contribution in [0.25, 0.3) is 0 Å². The van der Waals surface area contributed by atoms with Crippen molar-refractivity contribution in [2.75, 3.05) is 13.1 Å². The van der Waals surface area contributed by atoms with E-state index in [-0.39, 0.29) is 5.91 Å². The molecule has 0 unspecified atom stereocenters. The molecule has 92 valence electrons. The van der Waals surface area contributed by atoms with E-state index in [0.29, 0.717) is 18.2 Å². The smallest absolute Gasteiger partial charge is 0.251 e. The molecule has 0 fully saturated rings. The largest absolute Gasteiger partial charge is 0.351 e. The van der Waals surface area contributed by atoms with Gasteiger partial charge < -0.3 is 10.6 Å². The van der Waals surface area contributed by atoms with Gasteiger partial charge in [-0.2, -0.15) is 0 Å². The van der Waals surface area contributed by atoms with Crippen LogP contribution in [-0.4, -0.2) is 25.0 Å². The van der Waals surface area contributed by atoms with Crippen molar-refractivity contribution in [3.63, 3.8) is 0 Å². The van der Waals surface area contributed by atoms with Crippen LogP contribution in [-0.2, 0) is 4.79 Å². The number of hydrogen-bond acceptors (Lipinski definition) is 2. The van der Waals surface area contributed by atoms with Gasteiger partial charge in [0, 0.05) is 24.7 Å². The van der Waals surface area contributed by atoms with Crippen molar-refractivity contribution in [2.45, 2.75) is 19.9 Å². The van der Waals surface area contributed by atoms with Crippen LogP contribution in [0.15, 0.2) is 48.1 Å². The molecular formula is C14H20N2O. The van der Waals surface area contributed by atoms with Crippen LogP contribution in [0.5, 0.6) is 0 Å². The highest BCUT2D eigenvalue weighted by molar-refractivity contribution is 5.96. The van der Waals surface area contributed by atoms with E-state index in [1.165, 1.54) is 0 Å². The SMILES string of the molecule is CC(C)NCCNC(=O)C1=C/C=C\C=C/C=C\1. The third kappa shape index (κ3) is 5.88. The number of carbonyl (C=O) groups excluding carboxylic acids is 1. The van der Waals surface area contributed by atoms with Crippen molar-refractivity contribution in [2.24, 2.45) is 0 Å². The molecule has 1 aliphatic carbocycles. The maximum Gasteiger partial charge on any atom is 0.251 e. The fourth-order valence-corrected chi connectivity index (χ4v) is 1.36. The van der Waals surface area contributed by atoms with E-state index in [2.05, 4.69) is 24.5 Å². The maximum absolute atomic E-state index is 11.8. The molecule has 0 saturated heterocycles. The molecule has 0 atom stereocenters. The van der Waals surface area contributed by atoms with Crippen LogP contribution in [0, 0.1) is 0 Å². The first kappa shape index (κ1) is 13.5. The van der Waals surface area contributed by atoms with Gasteiger partial charge in [0.05, 0.1) is 0 Å². The van der Waals surface area contributed by atoms with Crippen molar-refractivity contribution < 1.29 is 4.79 Å². The lowest BCUT2D eigenvalue weighted by Gasteiger charge is -2.09. The van der Waals surface area contributed by atoms with E-state index in [9.17, 15) is 4.79 Å². The van der Waals surface area contributed by atoms with E-state index in [1.54, 1.807) is 0 Å². The fraction of sp³-hybridized carbons (Fsp3) is 0.357. The second-order valence-corrected chi connectivity index (χ2v) is 4.12. The standard InChI is InChI=1S/C14H20N2O/c1-12(2)15-10-11-16-14(17)13-8-6-4-3-5-7-9-13/h3-9,12,15H,10-11H2,1-2H3,(H,16,17)/b4-3-,5-3?,6-4?,7-5-,8-6-,9-7?,13-8?,13-9+. The normalized spacial score (nSPS) is 23.1. The van der Waals surface area contributed by atoms with Crippen LogP contribution in [0.2, 0.25) is 0 Å². The van der Waals surface area contributed by atoms with E-state index in [1.807, 2.05) is 42.5 Å². The van der Waals surface area contributed by atoms with Crippen molar-refractivity contribution in [1.29, 1.82) is 0 Å². The molecular weight excluding hydrogens is 212 g/mol. The first-order chi connectivity index (χ1) is 8.20. The second-order valence-electron chi connectivity index (χ2n) is 4.12. The summed E-state index contributed by atoms with van der Waals surface area (Å²) in [5.74, 6) is -0.0354. The van der Waals surface area contributed by atoms with Crippen molar-refractivity contribution in [3.8, 4) is 0 Å². The van der Waals surface area contributed by atoms with Crippen molar-refractivity contribution in [1.82, 2.24) is 10.6 Å². The zero-order valence-electron chi connectivity index (χ0n) is 10.4. The third-order valence-corrected chi connectivity index (χ3v) is 2.22. The quantitative estimate of drug-likeness (QED) is 0.708. The van der Waals surface area contributed by atoms with Gasteiger partial charge in [0.2, 0.25) is 0 Å². The van der Waals surface area contributed by atoms with Gasteiger partial charge in [0.15, 0.2) is 0 Å². The molecule has 2 N–H and O–H groups in total. The molecule has 0 aromatic rings. The molecule has 1 amide bonds. The van der Waals surface area contributed by atoms with Crippen LogP contribution in [0.4, 0.5) is 0 Å². The van der Waals surface area contributed by atoms with Crippen LogP contribution in [0.3, 0.4) is 0 Å². The Labute approximate surface area is 103 Å². The molecule has 1 rings (SSSR count). The van der Waals surface area contributed by atoms with Crippen molar-refractivity contribution >= 4 is 5.91 Å². The van der Waals surface area contributed by atoms with Gasteiger partial charge in [-0.1, -0.05) is 44.2 Å². The summed E-state index contributed by atoms with van der Waals surface area (Å²) in [5.41, 5.74) is 0.676. The van der Waals surface area contributed by atoms with E-state index < -0.39 is 0 Å². The minimum absolute atomic E-state index is 0.0354. The summed E-state index contributed by atoms with van der Waals surface area (Å²) in [6.45, 7) is 5.59. The minimum Gasteiger partial charge on any atom is -0.351 e. The Morgan fingerprint density at radius 2 is 1.82 bits per heavy atom. The highest BCUT2D eigenvalue weighted by Crippen LogP contribution is 2.01. The first-order valence-electron chi connectivity index (χ1n) is 5.93. The monoisotopic (exact) mass is 232 g/mol. The molecule has 0 aromatic carbocycles. The van der Waals surface area contributed by atoms with Crippen LogP contribution < -0.4 is 10.6 Å². The van der Waals surface area contributed by atoms with Gasteiger partial charge in [-0.3, -0.25) is 4.79 Å². The number of amides is 1. The van der Waals surface area contributed by atoms with Gasteiger partial charge in [-0.15, -0.1) is 0 Å². The Morgan fingerprint density at radius 3 is 2.59 bits per heavy atom. The Kier molecular flexibility index (Phi) is 6.04. The van der Waals surface area contributed by atoms with E-state index in [0.717, 1.165) is 6.54 Å². The number of nitrogens with one attached hydrogen (secondary N) is 2. The summed E-state index contributed by atoms with van der Waals surface area (Å²) < 4.78 is 0. The van der Waals surface area contributed by atoms with Gasteiger partial charge in [-0.25, -0.2) is 0 Å². The summed E-state index contributed by atoms with van der Waals surface area (Å²) in [5, 5.41) is 6.13. The lowest BCUT2D eigenvalue weighted by molar-refractivity contribution is -0.117. The molecule has 3 nitrogen and oxygen atoms in total. The number of rotatable bonds is 5. The number of allylic oxidation sites excluding steroid dienone is 6. The van der Waals surface area contributed by atoms with E-state index in [4.69, 9.17) is 0 Å². The molecule has 1 aliphatic rings. The van der Waals surface area contributed by atoms with Gasteiger partial charge in [0.1, 0.15) is 0 Å². The lowest BCUT2D eigenvalue weighted by Crippen LogP contribution is -2.35. The lowest BCUT2D eigenvalue weighted by atomic mass is 10.1. The summed E-state index contributed by atoms with van der Waals surface area (Å²) >= 11 is 0. The Bertz CT molecular complexity index is 362. The van der Waals surface area contributed by atoms with Crippen LogP contribution in [0.1, 0.15) is 13.8 Å². The molecule has 0 aliphatic heterocycles. The van der Waals surface area contributed by atoms with Gasteiger partial charge in [0.25, 0.3) is 5.91 Å². The second kappa shape index (κ2) is 7.63. The third-order valence-electron chi connectivity index (χ3n) is 2.22. The maximum atomic E-state index is 11.8. The predicted molar refractivity (Wildman–Crippen MR) is 71.7 cm³/mol. The number of carbonyl (C=O) groups is 1. The molecule has 3 heteroatoms. The molecule has 0 radical (unpaired) electrons. The Hall–Kier alpha value is -1.61. The summed E-state index contributed by atoms with van der Waals surface area (Å²) in [6, 6.07) is 0.445. The highest BCUT2D eigenvalue weighted by atomic mass is 16.1. The summed E-state index contributed by atoms with van der Waals surface area (Å²) in [4.78, 5) is 11.8. The van der Waals surface area contributed by atoms with Gasteiger partial charge in [-0.05, 0) is 12.2 Å². The van der Waals surface area contributed by atoms with Crippen molar-refractivity contribution in [3.05, 3.63) is 48.1 Å². The van der Waals surface area contributed by atoms with Gasteiger partial charge >= 0.3 is 0 Å². The molecule has 0 aromatic heterocycles. The van der Waals surface area contributed by atoms with E-state index >= 15 is 0 Å². The molecule has 0 saturated carbocycles. The molecule has 0 bridgehead atoms. The summed E-state index contributed by atoms with van der Waals surface area (Å²) in [6.07, 6.45) is 13.1. The average molecular weight is 232 g/mol. The molecule has 0 spiro atoms. The zero-order chi connectivity index (χ0) is 12.5. The molecule has 17 heavy (non-hydrogen) atoms.